The molecule has 0 bridgehead atoms. The maximum absolute atomic E-state index is 12.9. The third-order valence-corrected chi connectivity index (χ3v) is 4.35. The lowest BCUT2D eigenvalue weighted by Gasteiger charge is -2.29. The van der Waals surface area contributed by atoms with Crippen LogP contribution in [0.5, 0.6) is 0 Å². The van der Waals surface area contributed by atoms with E-state index >= 15 is 0 Å². The fourth-order valence-electron chi connectivity index (χ4n) is 1.90. The van der Waals surface area contributed by atoms with Gasteiger partial charge in [-0.05, 0) is 13.5 Å². The quantitative estimate of drug-likeness (QED) is 0.773. The topological polar surface area (TPSA) is 16.1 Å². The zero-order valence-corrected chi connectivity index (χ0v) is 10.3. The molecule has 2 nitrogen and oxygen atoms in total. The smallest absolute Gasteiger partial charge is 0.111 e. The second kappa shape index (κ2) is 4.18. The van der Waals surface area contributed by atoms with Gasteiger partial charge in [-0.2, -0.15) is 0 Å². The molecule has 0 aliphatic carbocycles. The Labute approximate surface area is 94.1 Å². The first kappa shape index (κ1) is 11.0. The fraction of sp³-hybridized carbons (Fsp3) is 0.727. The molecule has 0 saturated carbocycles. The van der Waals surface area contributed by atoms with Gasteiger partial charge in [-0.15, -0.1) is 11.3 Å². The van der Waals surface area contributed by atoms with Gasteiger partial charge in [0.15, 0.2) is 0 Å². The normalized spacial score (nSPS) is 22.1. The van der Waals surface area contributed by atoms with Gasteiger partial charge in [0.1, 0.15) is 6.67 Å². The molecule has 1 aliphatic heterocycles. The summed E-state index contributed by atoms with van der Waals surface area (Å²) in [7, 11) is 1.97. The summed E-state index contributed by atoms with van der Waals surface area (Å²) in [5, 5.41) is 1.15. The minimum atomic E-state index is -0.329. The molecule has 1 aromatic rings. The predicted octanol–water partition coefficient (Wildman–Crippen LogP) is 2.77. The molecule has 0 saturated heterocycles. The van der Waals surface area contributed by atoms with Crippen LogP contribution in [0.15, 0.2) is 0 Å². The highest BCUT2D eigenvalue weighted by molar-refractivity contribution is 7.11. The van der Waals surface area contributed by atoms with Crippen LogP contribution in [-0.4, -0.2) is 30.2 Å². The lowest BCUT2D eigenvalue weighted by molar-refractivity contribution is 0.189. The molecule has 2 heterocycles. The summed E-state index contributed by atoms with van der Waals surface area (Å²) in [5.74, 6) is 0.450. The van der Waals surface area contributed by atoms with E-state index in [4.69, 9.17) is 0 Å². The molecule has 1 unspecified atom stereocenters. The van der Waals surface area contributed by atoms with Crippen molar-refractivity contribution in [2.75, 3.05) is 20.3 Å². The predicted molar refractivity (Wildman–Crippen MR) is 61.3 cm³/mol. The maximum Gasteiger partial charge on any atom is 0.111 e. The van der Waals surface area contributed by atoms with Crippen LogP contribution in [0.25, 0.3) is 0 Å². The van der Waals surface area contributed by atoms with Crippen LogP contribution in [0.3, 0.4) is 0 Å². The Hall–Kier alpha value is -0.480. The lowest BCUT2D eigenvalue weighted by atomic mass is 10.1. The molecule has 1 aromatic heterocycles. The maximum atomic E-state index is 12.9. The van der Waals surface area contributed by atoms with E-state index < -0.39 is 0 Å². The van der Waals surface area contributed by atoms with Gasteiger partial charge in [-0.1, -0.05) is 13.8 Å². The zero-order chi connectivity index (χ0) is 11.0. The van der Waals surface area contributed by atoms with E-state index in [1.54, 1.807) is 11.3 Å². The summed E-state index contributed by atoms with van der Waals surface area (Å²) >= 11 is 1.76. The van der Waals surface area contributed by atoms with Crippen LogP contribution in [-0.2, 0) is 6.42 Å². The molecule has 0 spiro atoms. The number of alkyl halides is 1. The van der Waals surface area contributed by atoms with Crippen molar-refractivity contribution in [3.8, 4) is 0 Å². The first-order valence-corrected chi connectivity index (χ1v) is 6.20. The number of fused-ring (bicyclic) bond motifs is 1. The monoisotopic (exact) mass is 228 g/mol. The van der Waals surface area contributed by atoms with Gasteiger partial charge in [-0.3, -0.25) is 4.90 Å². The largest absolute Gasteiger partial charge is 0.295 e. The number of aromatic nitrogens is 1. The van der Waals surface area contributed by atoms with Gasteiger partial charge < -0.3 is 0 Å². The van der Waals surface area contributed by atoms with Gasteiger partial charge >= 0.3 is 0 Å². The minimum Gasteiger partial charge on any atom is -0.295 e. The lowest BCUT2D eigenvalue weighted by Crippen LogP contribution is -2.32. The Morgan fingerprint density at radius 1 is 1.60 bits per heavy atom. The summed E-state index contributed by atoms with van der Waals surface area (Å²) in [6, 6.07) is -0.113. The molecule has 2 rings (SSSR count). The molecule has 15 heavy (non-hydrogen) atoms. The van der Waals surface area contributed by atoms with Crippen LogP contribution >= 0.6 is 11.3 Å². The van der Waals surface area contributed by atoms with Gasteiger partial charge in [0.2, 0.25) is 0 Å². The summed E-state index contributed by atoms with van der Waals surface area (Å²) < 4.78 is 12.9. The van der Waals surface area contributed by atoms with Crippen LogP contribution in [0.2, 0.25) is 0 Å². The van der Waals surface area contributed by atoms with Crippen molar-refractivity contribution in [2.45, 2.75) is 32.2 Å². The molecule has 84 valence electrons. The van der Waals surface area contributed by atoms with Crippen molar-refractivity contribution < 1.29 is 4.39 Å². The van der Waals surface area contributed by atoms with E-state index in [-0.39, 0.29) is 12.7 Å². The minimum absolute atomic E-state index is 0.113. The van der Waals surface area contributed by atoms with Gasteiger partial charge in [0.25, 0.3) is 0 Å². The number of nitrogens with zero attached hydrogens (tertiary/aromatic N) is 2. The molecule has 0 radical (unpaired) electrons. The molecular weight excluding hydrogens is 211 g/mol. The molecule has 1 atom stereocenters. The van der Waals surface area contributed by atoms with Crippen LogP contribution in [0.4, 0.5) is 4.39 Å². The van der Waals surface area contributed by atoms with Crippen LogP contribution in [0, 0.1) is 0 Å². The average Bonchev–Trinajstić information content (AvgIpc) is 2.61. The van der Waals surface area contributed by atoms with Crippen molar-refractivity contribution in [2.24, 2.45) is 0 Å². The third kappa shape index (κ3) is 1.93. The van der Waals surface area contributed by atoms with Crippen LogP contribution < -0.4 is 0 Å². The molecule has 0 amide bonds. The van der Waals surface area contributed by atoms with Crippen LogP contribution in [0.1, 0.15) is 41.4 Å². The summed E-state index contributed by atoms with van der Waals surface area (Å²) in [4.78, 5) is 7.94. The van der Waals surface area contributed by atoms with Crippen molar-refractivity contribution >= 4 is 11.3 Å². The molecule has 0 fully saturated rings. The van der Waals surface area contributed by atoms with Crippen molar-refractivity contribution in [3.63, 3.8) is 0 Å². The van der Waals surface area contributed by atoms with Crippen molar-refractivity contribution in [1.82, 2.24) is 9.88 Å². The molecule has 0 N–H and O–H groups in total. The highest BCUT2D eigenvalue weighted by Crippen LogP contribution is 2.34. The van der Waals surface area contributed by atoms with Gasteiger partial charge in [0, 0.05) is 17.3 Å². The number of hydrogen-bond donors (Lipinski definition) is 0. The Kier molecular flexibility index (Phi) is 3.07. The number of hydrogen-bond acceptors (Lipinski definition) is 3. The Morgan fingerprint density at radius 3 is 2.93 bits per heavy atom. The molecule has 0 aromatic carbocycles. The van der Waals surface area contributed by atoms with E-state index in [0.29, 0.717) is 5.92 Å². The second-order valence-electron chi connectivity index (χ2n) is 4.42. The van der Waals surface area contributed by atoms with E-state index in [9.17, 15) is 4.39 Å². The number of likely N-dealkylation sites (N-methyl/N-ethyl adjacent to an activating group) is 1. The Morgan fingerprint density at radius 2 is 2.33 bits per heavy atom. The highest BCUT2D eigenvalue weighted by Gasteiger charge is 2.28. The summed E-state index contributed by atoms with van der Waals surface area (Å²) in [6.45, 7) is 4.89. The van der Waals surface area contributed by atoms with E-state index in [1.807, 2.05) is 7.05 Å². The van der Waals surface area contributed by atoms with Gasteiger partial charge in [0.05, 0.1) is 16.7 Å². The SMILES string of the molecule is CC(C)c1nc2c(s1)CCN(C)C2CF. The van der Waals surface area contributed by atoms with Crippen molar-refractivity contribution in [3.05, 3.63) is 15.6 Å². The number of rotatable bonds is 2. The Balaban J connectivity index is 2.36. The fourth-order valence-corrected chi connectivity index (χ4v) is 3.01. The van der Waals surface area contributed by atoms with Crippen molar-refractivity contribution in [1.29, 1.82) is 0 Å². The average molecular weight is 228 g/mol. The summed E-state index contributed by atoms with van der Waals surface area (Å²) in [5.41, 5.74) is 0.986. The number of halogens is 1. The molecule has 1 aliphatic rings. The first-order valence-electron chi connectivity index (χ1n) is 5.39. The van der Waals surface area contributed by atoms with E-state index in [0.717, 1.165) is 23.7 Å². The first-order chi connectivity index (χ1) is 7.13. The molecular formula is C11H17FN2S. The zero-order valence-electron chi connectivity index (χ0n) is 9.46. The van der Waals surface area contributed by atoms with E-state index in [2.05, 4.69) is 23.7 Å². The highest BCUT2D eigenvalue weighted by atomic mass is 32.1. The summed E-state index contributed by atoms with van der Waals surface area (Å²) in [6.07, 6.45) is 1.02. The molecule has 4 heteroatoms. The second-order valence-corrected chi connectivity index (χ2v) is 5.53. The Bertz CT molecular complexity index is 348. The van der Waals surface area contributed by atoms with Gasteiger partial charge in [-0.25, -0.2) is 9.37 Å². The van der Waals surface area contributed by atoms with E-state index in [1.165, 1.54) is 4.88 Å². The number of thiazole rings is 1. The third-order valence-electron chi connectivity index (χ3n) is 2.92. The standard InChI is InChI=1S/C11H17FN2S/c1-7(2)11-13-10-8(6-12)14(3)5-4-9(10)15-11/h7-8H,4-6H2,1-3H3.